The summed E-state index contributed by atoms with van der Waals surface area (Å²) in [5.41, 5.74) is 0. The summed E-state index contributed by atoms with van der Waals surface area (Å²) < 4.78 is 0. The van der Waals surface area contributed by atoms with Gasteiger partial charge in [-0.2, -0.15) is 0 Å². The lowest BCUT2D eigenvalue weighted by atomic mass is 10.1. The van der Waals surface area contributed by atoms with Gasteiger partial charge in [0.2, 0.25) is 0 Å². The zero-order chi connectivity index (χ0) is 10.4. The molecule has 2 unspecified atom stereocenters. The first-order chi connectivity index (χ1) is 6.74. The maximum absolute atomic E-state index is 3.63. The molecule has 80 valence electrons. The molecule has 1 heterocycles. The summed E-state index contributed by atoms with van der Waals surface area (Å²) in [7, 11) is 0. The molecule has 1 nitrogen and oxygen atoms in total. The minimum atomic E-state index is 0.502. The highest BCUT2D eigenvalue weighted by molar-refractivity contribution is 7.10. The van der Waals surface area contributed by atoms with Crippen LogP contribution >= 0.6 is 11.3 Å². The van der Waals surface area contributed by atoms with Crippen LogP contribution in [0.5, 0.6) is 0 Å². The van der Waals surface area contributed by atoms with Crippen molar-refractivity contribution >= 4 is 11.3 Å². The predicted molar refractivity (Wildman–Crippen MR) is 64.9 cm³/mol. The van der Waals surface area contributed by atoms with Gasteiger partial charge in [0.15, 0.2) is 0 Å². The van der Waals surface area contributed by atoms with Gasteiger partial charge in [-0.1, -0.05) is 25.8 Å². The number of nitrogens with one attached hydrogen (secondary N) is 1. The van der Waals surface area contributed by atoms with E-state index < -0.39 is 0 Å². The molecule has 1 aromatic heterocycles. The first kappa shape index (κ1) is 11.7. The number of thiophene rings is 1. The zero-order valence-electron chi connectivity index (χ0n) is 9.42. The SMILES string of the molecule is CCCCC(C)NC(C)c1cccs1. The molecular weight excluding hydrogens is 190 g/mol. The number of hydrogen-bond donors (Lipinski definition) is 1. The standard InChI is InChI=1S/C12H21NS/c1-4-5-7-10(2)13-11(3)12-8-6-9-14-12/h6,8-11,13H,4-5,7H2,1-3H3. The van der Waals surface area contributed by atoms with Crippen molar-refractivity contribution in [3.8, 4) is 0 Å². The topological polar surface area (TPSA) is 12.0 Å². The minimum Gasteiger partial charge on any atom is -0.307 e. The van der Waals surface area contributed by atoms with Crippen molar-refractivity contribution in [3.63, 3.8) is 0 Å². The zero-order valence-corrected chi connectivity index (χ0v) is 10.2. The molecule has 0 aliphatic heterocycles. The molecule has 0 spiro atoms. The van der Waals surface area contributed by atoms with Gasteiger partial charge in [0.1, 0.15) is 0 Å². The van der Waals surface area contributed by atoms with Crippen LogP contribution in [0.2, 0.25) is 0 Å². The number of unbranched alkanes of at least 4 members (excludes halogenated alkanes) is 1. The van der Waals surface area contributed by atoms with Crippen LogP contribution in [-0.2, 0) is 0 Å². The first-order valence-electron chi connectivity index (χ1n) is 5.53. The second-order valence-corrected chi connectivity index (χ2v) is 4.93. The van der Waals surface area contributed by atoms with Gasteiger partial charge >= 0.3 is 0 Å². The molecule has 0 fully saturated rings. The van der Waals surface area contributed by atoms with Gasteiger partial charge in [0, 0.05) is 17.0 Å². The molecule has 14 heavy (non-hydrogen) atoms. The Balaban J connectivity index is 2.29. The molecule has 0 bridgehead atoms. The second-order valence-electron chi connectivity index (χ2n) is 3.95. The van der Waals surface area contributed by atoms with E-state index in [1.807, 2.05) is 11.3 Å². The van der Waals surface area contributed by atoms with Crippen LogP contribution in [0.3, 0.4) is 0 Å². The average molecular weight is 211 g/mol. The third kappa shape index (κ3) is 3.81. The smallest absolute Gasteiger partial charge is 0.0388 e. The molecule has 0 aromatic carbocycles. The van der Waals surface area contributed by atoms with Crippen LogP contribution in [-0.4, -0.2) is 6.04 Å². The fourth-order valence-electron chi connectivity index (χ4n) is 1.64. The summed E-state index contributed by atoms with van der Waals surface area (Å²) >= 11 is 1.83. The molecule has 0 saturated carbocycles. The monoisotopic (exact) mass is 211 g/mol. The largest absolute Gasteiger partial charge is 0.307 e. The van der Waals surface area contributed by atoms with Crippen LogP contribution in [0.1, 0.15) is 51.0 Å². The lowest BCUT2D eigenvalue weighted by molar-refractivity contribution is 0.448. The van der Waals surface area contributed by atoms with Crippen molar-refractivity contribution in [3.05, 3.63) is 22.4 Å². The number of hydrogen-bond acceptors (Lipinski definition) is 2. The molecule has 1 rings (SSSR count). The maximum Gasteiger partial charge on any atom is 0.0388 e. The second kappa shape index (κ2) is 6.20. The van der Waals surface area contributed by atoms with E-state index in [2.05, 4.69) is 43.6 Å². The normalized spacial score (nSPS) is 15.4. The highest BCUT2D eigenvalue weighted by Crippen LogP contribution is 2.19. The Kier molecular flexibility index (Phi) is 5.20. The molecule has 2 heteroatoms. The van der Waals surface area contributed by atoms with Crippen LogP contribution in [0, 0.1) is 0 Å². The predicted octanol–water partition coefficient (Wildman–Crippen LogP) is 3.98. The van der Waals surface area contributed by atoms with Crippen LogP contribution in [0.4, 0.5) is 0 Å². The minimum absolute atomic E-state index is 0.502. The number of rotatable bonds is 6. The van der Waals surface area contributed by atoms with Crippen molar-refractivity contribution in [2.24, 2.45) is 0 Å². The molecule has 2 atom stereocenters. The van der Waals surface area contributed by atoms with Gasteiger partial charge in [0.25, 0.3) is 0 Å². The van der Waals surface area contributed by atoms with E-state index in [4.69, 9.17) is 0 Å². The molecule has 0 saturated heterocycles. The van der Waals surface area contributed by atoms with Crippen LogP contribution in [0.25, 0.3) is 0 Å². The fourth-order valence-corrected chi connectivity index (χ4v) is 2.38. The molecule has 0 aliphatic rings. The lowest BCUT2D eigenvalue weighted by Gasteiger charge is -2.18. The molecular formula is C12H21NS. The highest BCUT2D eigenvalue weighted by atomic mass is 32.1. The Morgan fingerprint density at radius 1 is 1.43 bits per heavy atom. The van der Waals surface area contributed by atoms with Crippen LogP contribution < -0.4 is 5.32 Å². The van der Waals surface area contributed by atoms with E-state index in [0.29, 0.717) is 12.1 Å². The van der Waals surface area contributed by atoms with Crippen molar-refractivity contribution in [2.75, 3.05) is 0 Å². The summed E-state index contributed by atoms with van der Waals surface area (Å²) in [5, 5.41) is 5.77. The lowest BCUT2D eigenvalue weighted by Crippen LogP contribution is -2.28. The molecule has 1 N–H and O–H groups in total. The van der Waals surface area contributed by atoms with E-state index >= 15 is 0 Å². The third-order valence-corrected chi connectivity index (χ3v) is 3.55. The molecule has 0 aliphatic carbocycles. The van der Waals surface area contributed by atoms with Gasteiger partial charge in [-0.15, -0.1) is 11.3 Å². The summed E-state index contributed by atoms with van der Waals surface area (Å²) in [6.07, 6.45) is 3.90. The van der Waals surface area contributed by atoms with E-state index in [1.165, 1.54) is 24.1 Å². The first-order valence-corrected chi connectivity index (χ1v) is 6.41. The van der Waals surface area contributed by atoms with Gasteiger partial charge in [0.05, 0.1) is 0 Å². The Morgan fingerprint density at radius 3 is 2.79 bits per heavy atom. The van der Waals surface area contributed by atoms with E-state index in [-0.39, 0.29) is 0 Å². The highest BCUT2D eigenvalue weighted by Gasteiger charge is 2.09. The Hall–Kier alpha value is -0.340. The Bertz CT molecular complexity index is 230. The van der Waals surface area contributed by atoms with E-state index in [1.54, 1.807) is 0 Å². The Morgan fingerprint density at radius 2 is 2.21 bits per heavy atom. The van der Waals surface area contributed by atoms with Crippen molar-refractivity contribution in [1.29, 1.82) is 0 Å². The van der Waals surface area contributed by atoms with E-state index in [9.17, 15) is 0 Å². The molecule has 0 radical (unpaired) electrons. The Labute approximate surface area is 91.5 Å². The summed E-state index contributed by atoms with van der Waals surface area (Å²) in [5.74, 6) is 0. The van der Waals surface area contributed by atoms with Gasteiger partial charge < -0.3 is 5.32 Å². The summed E-state index contributed by atoms with van der Waals surface area (Å²) in [4.78, 5) is 1.44. The van der Waals surface area contributed by atoms with E-state index in [0.717, 1.165) is 0 Å². The van der Waals surface area contributed by atoms with Gasteiger partial charge in [-0.05, 0) is 31.7 Å². The van der Waals surface area contributed by atoms with Crippen molar-refractivity contribution in [2.45, 2.75) is 52.1 Å². The quantitative estimate of drug-likeness (QED) is 0.750. The molecule has 1 aromatic rings. The van der Waals surface area contributed by atoms with Crippen molar-refractivity contribution in [1.82, 2.24) is 5.32 Å². The van der Waals surface area contributed by atoms with Crippen molar-refractivity contribution < 1.29 is 0 Å². The van der Waals surface area contributed by atoms with Gasteiger partial charge in [-0.3, -0.25) is 0 Å². The molecule has 0 amide bonds. The summed E-state index contributed by atoms with van der Waals surface area (Å²) in [6.45, 7) is 6.77. The maximum atomic E-state index is 3.63. The van der Waals surface area contributed by atoms with Crippen LogP contribution in [0.15, 0.2) is 17.5 Å². The summed E-state index contributed by atoms with van der Waals surface area (Å²) in [6, 6.07) is 5.46. The third-order valence-electron chi connectivity index (χ3n) is 2.50. The van der Waals surface area contributed by atoms with Gasteiger partial charge in [-0.25, -0.2) is 0 Å². The fraction of sp³-hybridized carbons (Fsp3) is 0.667. The average Bonchev–Trinajstić information content (AvgIpc) is 2.67.